The highest BCUT2D eigenvalue weighted by molar-refractivity contribution is 5.75. The van der Waals surface area contributed by atoms with Crippen LogP contribution in [0.25, 0.3) is 0 Å². The molecule has 1 fully saturated rings. The normalized spacial score (nSPS) is 24.4. The lowest BCUT2D eigenvalue weighted by molar-refractivity contribution is -0.142. The molecule has 0 bridgehead atoms. The standard InChI is InChI=1S/C13H23NO4/c1-8(2)10-9(11(15)16)6-7-14(10)12(17)18-13(3,4)5/h8-10H,6-7H2,1-5H3,(H,15,16)/t9-,10-/m1/s1. The van der Waals surface area contributed by atoms with Crippen LogP contribution < -0.4 is 0 Å². The Hall–Kier alpha value is -1.26. The fraction of sp³-hybridized carbons (Fsp3) is 0.846. The van der Waals surface area contributed by atoms with Crippen molar-refractivity contribution in [1.82, 2.24) is 4.90 Å². The topological polar surface area (TPSA) is 66.8 Å². The van der Waals surface area contributed by atoms with Crippen molar-refractivity contribution in [3.8, 4) is 0 Å². The monoisotopic (exact) mass is 257 g/mol. The summed E-state index contributed by atoms with van der Waals surface area (Å²) < 4.78 is 5.32. The molecule has 104 valence electrons. The first-order valence-electron chi connectivity index (χ1n) is 6.36. The van der Waals surface area contributed by atoms with Crippen molar-refractivity contribution < 1.29 is 19.4 Å². The number of carbonyl (C=O) groups excluding carboxylic acids is 1. The number of rotatable bonds is 2. The summed E-state index contributed by atoms with van der Waals surface area (Å²) in [5, 5.41) is 9.19. The van der Waals surface area contributed by atoms with Gasteiger partial charge >= 0.3 is 12.1 Å². The summed E-state index contributed by atoms with van der Waals surface area (Å²) in [6.45, 7) is 9.74. The molecule has 1 aliphatic heterocycles. The quantitative estimate of drug-likeness (QED) is 0.824. The van der Waals surface area contributed by atoms with Gasteiger partial charge in [0.2, 0.25) is 0 Å². The molecule has 1 amide bonds. The molecule has 1 heterocycles. The van der Waals surface area contributed by atoms with Crippen LogP contribution in [0.1, 0.15) is 41.0 Å². The molecule has 2 atom stereocenters. The van der Waals surface area contributed by atoms with E-state index in [1.165, 1.54) is 0 Å². The molecule has 0 aromatic rings. The van der Waals surface area contributed by atoms with Crippen molar-refractivity contribution in [3.63, 3.8) is 0 Å². The number of nitrogens with zero attached hydrogens (tertiary/aromatic N) is 1. The molecule has 5 heteroatoms. The molecule has 0 radical (unpaired) electrons. The summed E-state index contributed by atoms with van der Waals surface area (Å²) in [5.74, 6) is -1.22. The Bertz CT molecular complexity index is 332. The van der Waals surface area contributed by atoms with Gasteiger partial charge in [-0.05, 0) is 33.1 Å². The van der Waals surface area contributed by atoms with Crippen LogP contribution in [0.2, 0.25) is 0 Å². The maximum atomic E-state index is 12.1. The maximum Gasteiger partial charge on any atom is 0.410 e. The Morgan fingerprint density at radius 2 is 1.89 bits per heavy atom. The van der Waals surface area contributed by atoms with E-state index in [4.69, 9.17) is 4.74 Å². The summed E-state index contributed by atoms with van der Waals surface area (Å²) in [4.78, 5) is 24.8. The molecule has 1 aliphatic rings. The van der Waals surface area contributed by atoms with Crippen LogP contribution >= 0.6 is 0 Å². The Kier molecular flexibility index (Phi) is 4.24. The first-order valence-corrected chi connectivity index (χ1v) is 6.36. The summed E-state index contributed by atoms with van der Waals surface area (Å²) >= 11 is 0. The second kappa shape index (κ2) is 5.16. The SMILES string of the molecule is CC(C)[C@@H]1[C@H](C(=O)O)CCN1C(=O)OC(C)(C)C. The fourth-order valence-electron chi connectivity index (χ4n) is 2.44. The lowest BCUT2D eigenvalue weighted by Gasteiger charge is -2.31. The van der Waals surface area contributed by atoms with Gasteiger partial charge in [-0.25, -0.2) is 4.79 Å². The van der Waals surface area contributed by atoms with Crippen LogP contribution in [-0.4, -0.2) is 40.3 Å². The predicted octanol–water partition coefficient (Wildman–Crippen LogP) is 2.35. The van der Waals surface area contributed by atoms with Crippen LogP contribution in [0.15, 0.2) is 0 Å². The Balaban J connectivity index is 2.83. The van der Waals surface area contributed by atoms with Crippen LogP contribution in [0.3, 0.4) is 0 Å². The molecule has 0 spiro atoms. The van der Waals surface area contributed by atoms with E-state index in [-0.39, 0.29) is 12.0 Å². The molecular weight excluding hydrogens is 234 g/mol. The highest BCUT2D eigenvalue weighted by Crippen LogP contribution is 2.31. The number of carboxylic acids is 1. The van der Waals surface area contributed by atoms with Crippen LogP contribution in [0.4, 0.5) is 4.79 Å². The highest BCUT2D eigenvalue weighted by Gasteiger charge is 2.44. The molecule has 0 unspecified atom stereocenters. The van der Waals surface area contributed by atoms with Crippen molar-refractivity contribution in [2.45, 2.75) is 52.7 Å². The summed E-state index contributed by atoms with van der Waals surface area (Å²) in [5.41, 5.74) is -0.556. The zero-order chi connectivity index (χ0) is 14.1. The van der Waals surface area contributed by atoms with Crippen LogP contribution in [0.5, 0.6) is 0 Å². The van der Waals surface area contributed by atoms with Crippen molar-refractivity contribution in [2.24, 2.45) is 11.8 Å². The zero-order valence-electron chi connectivity index (χ0n) is 11.8. The van der Waals surface area contributed by atoms with E-state index in [1.54, 1.807) is 25.7 Å². The first-order chi connectivity index (χ1) is 8.13. The van der Waals surface area contributed by atoms with E-state index in [0.717, 1.165) is 0 Å². The second-order valence-electron chi connectivity index (χ2n) is 6.14. The van der Waals surface area contributed by atoms with Gasteiger partial charge in [-0.1, -0.05) is 13.8 Å². The summed E-state index contributed by atoms with van der Waals surface area (Å²) in [7, 11) is 0. The van der Waals surface area contributed by atoms with Gasteiger partial charge in [-0.15, -0.1) is 0 Å². The number of carbonyl (C=O) groups is 2. The molecule has 1 N–H and O–H groups in total. The zero-order valence-corrected chi connectivity index (χ0v) is 11.8. The predicted molar refractivity (Wildman–Crippen MR) is 67.3 cm³/mol. The third-order valence-corrected chi connectivity index (χ3v) is 3.08. The van der Waals surface area contributed by atoms with E-state index in [1.807, 2.05) is 13.8 Å². The van der Waals surface area contributed by atoms with E-state index >= 15 is 0 Å². The van der Waals surface area contributed by atoms with Crippen molar-refractivity contribution in [2.75, 3.05) is 6.54 Å². The number of likely N-dealkylation sites (tertiary alicyclic amines) is 1. The van der Waals surface area contributed by atoms with Crippen molar-refractivity contribution >= 4 is 12.1 Å². The number of amides is 1. The van der Waals surface area contributed by atoms with Gasteiger partial charge in [-0.2, -0.15) is 0 Å². The fourth-order valence-corrected chi connectivity index (χ4v) is 2.44. The van der Waals surface area contributed by atoms with Gasteiger partial charge in [0.05, 0.1) is 12.0 Å². The van der Waals surface area contributed by atoms with Crippen LogP contribution in [0, 0.1) is 11.8 Å². The average Bonchev–Trinajstić information content (AvgIpc) is 2.58. The van der Waals surface area contributed by atoms with Crippen molar-refractivity contribution in [3.05, 3.63) is 0 Å². The van der Waals surface area contributed by atoms with Crippen molar-refractivity contribution in [1.29, 1.82) is 0 Å². The van der Waals surface area contributed by atoms with Gasteiger partial charge in [0.25, 0.3) is 0 Å². The Morgan fingerprint density at radius 1 is 1.33 bits per heavy atom. The minimum atomic E-state index is -0.834. The highest BCUT2D eigenvalue weighted by atomic mass is 16.6. The maximum absolute atomic E-state index is 12.1. The third kappa shape index (κ3) is 3.37. The first kappa shape index (κ1) is 14.8. The number of carboxylic acid groups (broad SMARTS) is 1. The number of ether oxygens (including phenoxy) is 1. The van der Waals surface area contributed by atoms with Gasteiger partial charge in [0, 0.05) is 6.54 Å². The largest absolute Gasteiger partial charge is 0.481 e. The molecule has 0 aromatic carbocycles. The molecule has 0 aliphatic carbocycles. The molecule has 18 heavy (non-hydrogen) atoms. The Morgan fingerprint density at radius 3 is 2.28 bits per heavy atom. The van der Waals surface area contributed by atoms with E-state index in [2.05, 4.69) is 0 Å². The Labute approximate surface area is 108 Å². The molecular formula is C13H23NO4. The van der Waals surface area contributed by atoms with Crippen LogP contribution in [-0.2, 0) is 9.53 Å². The minimum absolute atomic E-state index is 0.0983. The lowest BCUT2D eigenvalue weighted by Crippen LogP contribution is -2.45. The smallest absolute Gasteiger partial charge is 0.410 e. The minimum Gasteiger partial charge on any atom is -0.481 e. The van der Waals surface area contributed by atoms with Gasteiger partial charge < -0.3 is 14.7 Å². The molecule has 5 nitrogen and oxygen atoms in total. The molecule has 0 saturated carbocycles. The molecule has 1 saturated heterocycles. The van der Waals surface area contributed by atoms with Gasteiger partial charge in [0.1, 0.15) is 5.60 Å². The summed E-state index contributed by atoms with van der Waals surface area (Å²) in [6.07, 6.45) is 0.0854. The van der Waals surface area contributed by atoms with Gasteiger partial charge in [0.15, 0.2) is 0 Å². The molecule has 1 rings (SSSR count). The number of aliphatic carboxylic acids is 1. The molecule has 0 aromatic heterocycles. The van der Waals surface area contributed by atoms with E-state index < -0.39 is 23.6 Å². The number of hydrogen-bond donors (Lipinski definition) is 1. The summed E-state index contributed by atoms with van der Waals surface area (Å²) in [6, 6.07) is -0.280. The number of hydrogen-bond acceptors (Lipinski definition) is 3. The average molecular weight is 257 g/mol. The lowest BCUT2D eigenvalue weighted by atomic mass is 9.91. The van der Waals surface area contributed by atoms with E-state index in [0.29, 0.717) is 13.0 Å². The van der Waals surface area contributed by atoms with E-state index in [9.17, 15) is 14.7 Å². The van der Waals surface area contributed by atoms with Gasteiger partial charge in [-0.3, -0.25) is 4.79 Å². The second-order valence-corrected chi connectivity index (χ2v) is 6.14. The third-order valence-electron chi connectivity index (χ3n) is 3.08.